The van der Waals surface area contributed by atoms with Gasteiger partial charge in [0.25, 0.3) is 0 Å². The van der Waals surface area contributed by atoms with Crippen LogP contribution < -0.4 is 10.5 Å². The predicted octanol–water partition coefficient (Wildman–Crippen LogP) is 3.56. The lowest BCUT2D eigenvalue weighted by Gasteiger charge is -2.21. The summed E-state index contributed by atoms with van der Waals surface area (Å²) < 4.78 is 50.7. The maximum Gasteiger partial charge on any atom is 0.433 e. The maximum absolute atomic E-state index is 13.2. The number of carbonyl (C=O) groups excluding carboxylic acids is 1. The number of aliphatic imine (C=N–C) groups is 1. The highest BCUT2D eigenvalue weighted by Crippen LogP contribution is 2.37. The Morgan fingerprint density at radius 3 is 2.29 bits per heavy atom. The van der Waals surface area contributed by atoms with Crippen molar-refractivity contribution in [2.75, 3.05) is 35.3 Å². The van der Waals surface area contributed by atoms with Crippen LogP contribution >= 0.6 is 0 Å². The van der Waals surface area contributed by atoms with Gasteiger partial charge in [-0.25, -0.2) is 9.97 Å². The Kier molecular flexibility index (Phi) is 6.82. The minimum Gasteiger partial charge on any atom is -0.494 e. The van der Waals surface area contributed by atoms with Gasteiger partial charge in [0.15, 0.2) is 11.5 Å². The van der Waals surface area contributed by atoms with Crippen molar-refractivity contribution in [3.05, 3.63) is 41.4 Å². The first-order valence-electron chi connectivity index (χ1n) is 10.1. The molecule has 9 nitrogen and oxygen atoms in total. The third-order valence-electron chi connectivity index (χ3n) is 4.83. The fourth-order valence-electron chi connectivity index (χ4n) is 3.35. The molecule has 12 heteroatoms. The molecule has 0 bridgehead atoms. The van der Waals surface area contributed by atoms with E-state index in [2.05, 4.69) is 15.0 Å². The number of pyridine rings is 1. The quantitative estimate of drug-likeness (QED) is 0.448. The molecule has 0 unspecified atom stereocenters. The lowest BCUT2D eigenvalue weighted by atomic mass is 10.1. The number of halogens is 3. The number of hydrogen-bond acceptors (Lipinski definition) is 6. The van der Waals surface area contributed by atoms with Gasteiger partial charge in [-0.15, -0.1) is 0 Å². The van der Waals surface area contributed by atoms with E-state index in [1.54, 1.807) is 51.0 Å². The molecule has 0 aliphatic carbocycles. The summed E-state index contributed by atoms with van der Waals surface area (Å²) in [5.74, 6) is -0.0500. The van der Waals surface area contributed by atoms with Crippen molar-refractivity contribution < 1.29 is 27.1 Å². The second-order valence-electron chi connectivity index (χ2n) is 7.93. The molecule has 1 amide bonds. The number of benzene rings is 1. The smallest absolute Gasteiger partial charge is 0.433 e. The number of fused-ring (bicyclic) bond motifs is 1. The Hall–Kier alpha value is -3.67. The van der Waals surface area contributed by atoms with Crippen LogP contribution in [0.3, 0.4) is 0 Å². The highest BCUT2D eigenvalue weighted by molar-refractivity contribution is 6.03. The number of nitrogens with zero attached hydrogens (tertiary/aromatic N) is 5. The standard InChI is InChI=1S/C22H25F3N6O3/c1-11(26)18-17(19(32)29-21(30(2)3)31(4)5)28-20(34-18)13-7-9-14(33-6)16-12(13)8-10-15(27-16)22(23,24)25/h7-11H,26H2,1-6H3/t11-/m0/s1. The number of aromatic nitrogens is 2. The maximum atomic E-state index is 13.2. The van der Waals surface area contributed by atoms with Crippen molar-refractivity contribution in [3.8, 4) is 17.2 Å². The highest BCUT2D eigenvalue weighted by Gasteiger charge is 2.33. The van der Waals surface area contributed by atoms with Crippen LogP contribution in [0.2, 0.25) is 0 Å². The summed E-state index contributed by atoms with van der Waals surface area (Å²) in [4.78, 5) is 28.5. The third kappa shape index (κ3) is 4.81. The molecular weight excluding hydrogens is 453 g/mol. The van der Waals surface area contributed by atoms with Gasteiger partial charge in [0.2, 0.25) is 11.9 Å². The molecule has 1 atom stereocenters. The third-order valence-corrected chi connectivity index (χ3v) is 4.83. The van der Waals surface area contributed by atoms with Gasteiger partial charge in [-0.3, -0.25) is 4.79 Å². The largest absolute Gasteiger partial charge is 0.494 e. The molecule has 1 aromatic carbocycles. The van der Waals surface area contributed by atoms with E-state index in [4.69, 9.17) is 14.9 Å². The summed E-state index contributed by atoms with van der Waals surface area (Å²) >= 11 is 0. The van der Waals surface area contributed by atoms with Gasteiger partial charge < -0.3 is 24.7 Å². The lowest BCUT2D eigenvalue weighted by Crippen LogP contribution is -2.36. The molecule has 3 rings (SSSR count). The van der Waals surface area contributed by atoms with Crippen LogP contribution in [0.5, 0.6) is 5.75 Å². The highest BCUT2D eigenvalue weighted by atomic mass is 19.4. The van der Waals surface area contributed by atoms with Crippen molar-refractivity contribution >= 4 is 22.8 Å². The van der Waals surface area contributed by atoms with E-state index in [1.165, 1.54) is 19.2 Å². The van der Waals surface area contributed by atoms with Crippen LogP contribution in [-0.2, 0) is 6.18 Å². The molecule has 3 aromatic rings. The average Bonchev–Trinajstić information content (AvgIpc) is 3.20. The number of methoxy groups -OCH3 is 1. The molecule has 2 heterocycles. The summed E-state index contributed by atoms with van der Waals surface area (Å²) in [7, 11) is 8.27. The van der Waals surface area contributed by atoms with Crippen LogP contribution in [-0.4, -0.2) is 66.9 Å². The molecule has 0 aliphatic rings. The summed E-state index contributed by atoms with van der Waals surface area (Å²) in [6.07, 6.45) is -4.63. The Balaban J connectivity index is 2.20. The molecule has 182 valence electrons. The van der Waals surface area contributed by atoms with Gasteiger partial charge >= 0.3 is 12.1 Å². The number of oxazole rings is 1. The van der Waals surface area contributed by atoms with E-state index in [0.29, 0.717) is 16.9 Å². The lowest BCUT2D eigenvalue weighted by molar-refractivity contribution is -0.140. The van der Waals surface area contributed by atoms with E-state index in [-0.39, 0.29) is 28.6 Å². The minimum atomic E-state index is -4.63. The monoisotopic (exact) mass is 478 g/mol. The number of ether oxygens (including phenoxy) is 1. The van der Waals surface area contributed by atoms with Crippen molar-refractivity contribution in [2.45, 2.75) is 19.1 Å². The molecule has 2 N–H and O–H groups in total. The number of rotatable bonds is 4. The number of nitrogens with two attached hydrogens (primary N) is 1. The van der Waals surface area contributed by atoms with Crippen molar-refractivity contribution in [1.29, 1.82) is 0 Å². The molecule has 0 fully saturated rings. The molecule has 0 saturated carbocycles. The molecule has 34 heavy (non-hydrogen) atoms. The van der Waals surface area contributed by atoms with Gasteiger partial charge in [0.05, 0.1) is 13.2 Å². The summed E-state index contributed by atoms with van der Waals surface area (Å²) in [5, 5.41) is 0.301. The Morgan fingerprint density at radius 2 is 1.76 bits per heavy atom. The summed E-state index contributed by atoms with van der Waals surface area (Å²) in [6.45, 7) is 1.62. The van der Waals surface area contributed by atoms with Crippen molar-refractivity contribution in [2.24, 2.45) is 10.7 Å². The van der Waals surface area contributed by atoms with E-state index in [0.717, 1.165) is 6.07 Å². The Labute approximate surface area is 194 Å². The fourth-order valence-corrected chi connectivity index (χ4v) is 3.35. The van der Waals surface area contributed by atoms with Crippen LogP contribution in [0.1, 0.15) is 34.9 Å². The number of amides is 1. The Morgan fingerprint density at radius 1 is 1.12 bits per heavy atom. The molecule has 0 spiro atoms. The Bertz CT molecular complexity index is 1240. The molecule has 0 saturated heterocycles. The predicted molar refractivity (Wildman–Crippen MR) is 121 cm³/mol. The molecular formula is C22H25F3N6O3. The minimum absolute atomic E-state index is 0.00341. The van der Waals surface area contributed by atoms with Gasteiger partial charge in [-0.2, -0.15) is 18.2 Å². The van der Waals surface area contributed by atoms with E-state index in [9.17, 15) is 18.0 Å². The molecule has 2 aromatic heterocycles. The van der Waals surface area contributed by atoms with Gasteiger partial charge in [0, 0.05) is 39.1 Å². The first-order valence-corrected chi connectivity index (χ1v) is 10.1. The van der Waals surface area contributed by atoms with Crippen LogP contribution in [0.25, 0.3) is 22.4 Å². The normalized spacial score (nSPS) is 12.4. The fraction of sp³-hybridized carbons (Fsp3) is 0.364. The first-order chi connectivity index (χ1) is 15.8. The number of carbonyl (C=O) groups is 1. The first kappa shape index (κ1) is 25.0. The van der Waals surface area contributed by atoms with E-state index >= 15 is 0 Å². The van der Waals surface area contributed by atoms with Crippen LogP contribution in [0.15, 0.2) is 33.7 Å². The van der Waals surface area contributed by atoms with Gasteiger partial charge in [-0.1, -0.05) is 0 Å². The van der Waals surface area contributed by atoms with Gasteiger partial charge in [-0.05, 0) is 31.2 Å². The zero-order valence-electron chi connectivity index (χ0n) is 19.6. The molecule has 0 radical (unpaired) electrons. The second kappa shape index (κ2) is 9.29. The summed E-state index contributed by atoms with van der Waals surface area (Å²) in [5.41, 5.74) is 5.15. The van der Waals surface area contributed by atoms with Crippen molar-refractivity contribution in [1.82, 2.24) is 19.8 Å². The second-order valence-corrected chi connectivity index (χ2v) is 7.93. The van der Waals surface area contributed by atoms with Crippen molar-refractivity contribution in [3.63, 3.8) is 0 Å². The van der Waals surface area contributed by atoms with E-state index < -0.39 is 23.8 Å². The van der Waals surface area contributed by atoms with Crippen LogP contribution in [0, 0.1) is 0 Å². The zero-order valence-corrected chi connectivity index (χ0v) is 19.6. The molecule has 0 aliphatic heterocycles. The number of hydrogen-bond donors (Lipinski definition) is 1. The van der Waals surface area contributed by atoms with Crippen LogP contribution in [0.4, 0.5) is 13.2 Å². The average molecular weight is 478 g/mol. The number of alkyl halides is 3. The summed E-state index contributed by atoms with van der Waals surface area (Å²) in [6, 6.07) is 4.44. The van der Waals surface area contributed by atoms with Gasteiger partial charge in [0.1, 0.15) is 17.0 Å². The number of guanidine groups is 1. The topological polar surface area (TPSA) is 110 Å². The SMILES string of the molecule is COc1ccc(-c2nc(C(=O)N=C(N(C)C)N(C)C)c([C@H](C)N)o2)c2ccc(C(F)(F)F)nc12. The zero-order chi connectivity index (χ0) is 25.4. The van der Waals surface area contributed by atoms with E-state index in [1.807, 2.05) is 0 Å².